The number of hydrogen-bond donors (Lipinski definition) is 1. The molecule has 3 nitrogen and oxygen atoms in total. The highest BCUT2D eigenvalue weighted by atomic mass is 35.5. The van der Waals surface area contributed by atoms with E-state index in [4.69, 9.17) is 23.2 Å². The predicted octanol–water partition coefficient (Wildman–Crippen LogP) is 4.18. The van der Waals surface area contributed by atoms with Crippen LogP contribution in [-0.4, -0.2) is 11.7 Å². The highest BCUT2D eigenvalue weighted by Crippen LogP contribution is 2.26. The Balaban J connectivity index is 2.51. The lowest BCUT2D eigenvalue weighted by Crippen LogP contribution is -2.12. The van der Waals surface area contributed by atoms with Gasteiger partial charge in [0, 0.05) is 23.1 Å². The van der Waals surface area contributed by atoms with Crippen LogP contribution in [0.1, 0.15) is 22.8 Å². The van der Waals surface area contributed by atoms with Crippen LogP contribution in [0.15, 0.2) is 42.5 Å². The molecular formula is C15H11Cl2NO2. The summed E-state index contributed by atoms with van der Waals surface area (Å²) in [5.41, 5.74) is 1.08. The van der Waals surface area contributed by atoms with Crippen LogP contribution >= 0.6 is 23.2 Å². The number of carbonyl (C=O) groups is 2. The fourth-order valence-corrected chi connectivity index (χ4v) is 2.19. The maximum atomic E-state index is 12.5. The van der Waals surface area contributed by atoms with Gasteiger partial charge in [-0.25, -0.2) is 0 Å². The molecule has 0 aromatic heterocycles. The molecule has 0 saturated carbocycles. The lowest BCUT2D eigenvalue weighted by atomic mass is 10.0. The summed E-state index contributed by atoms with van der Waals surface area (Å²) >= 11 is 12.0. The highest BCUT2D eigenvalue weighted by Gasteiger charge is 2.17. The van der Waals surface area contributed by atoms with Crippen molar-refractivity contribution in [2.45, 2.75) is 6.92 Å². The van der Waals surface area contributed by atoms with E-state index in [0.717, 1.165) is 0 Å². The van der Waals surface area contributed by atoms with Gasteiger partial charge in [-0.1, -0.05) is 35.3 Å². The number of rotatable bonds is 3. The minimum atomic E-state index is -0.290. The summed E-state index contributed by atoms with van der Waals surface area (Å²) < 4.78 is 0. The summed E-state index contributed by atoms with van der Waals surface area (Å²) in [5.74, 6) is -0.553. The second-order valence-electron chi connectivity index (χ2n) is 4.18. The van der Waals surface area contributed by atoms with Crippen molar-refractivity contribution in [3.63, 3.8) is 0 Å². The smallest absolute Gasteiger partial charge is 0.221 e. The number of amides is 1. The second kappa shape index (κ2) is 6.07. The average molecular weight is 308 g/mol. The molecule has 0 saturated heterocycles. The molecule has 0 atom stereocenters. The summed E-state index contributed by atoms with van der Waals surface area (Å²) in [6.07, 6.45) is 0. The maximum absolute atomic E-state index is 12.5. The van der Waals surface area contributed by atoms with E-state index in [1.165, 1.54) is 13.0 Å². The molecule has 0 aliphatic rings. The van der Waals surface area contributed by atoms with E-state index in [2.05, 4.69) is 5.32 Å². The minimum Gasteiger partial charge on any atom is -0.326 e. The molecule has 20 heavy (non-hydrogen) atoms. The Labute approximate surface area is 126 Å². The lowest BCUT2D eigenvalue weighted by molar-refractivity contribution is -0.114. The Morgan fingerprint density at radius 3 is 2.35 bits per heavy atom. The van der Waals surface area contributed by atoms with Gasteiger partial charge in [0.2, 0.25) is 5.91 Å². The number of ketones is 1. The van der Waals surface area contributed by atoms with Crippen LogP contribution in [0.5, 0.6) is 0 Å². The van der Waals surface area contributed by atoms with Crippen molar-refractivity contribution in [2.24, 2.45) is 0 Å². The molecule has 2 rings (SSSR count). The molecule has 2 aromatic rings. The maximum Gasteiger partial charge on any atom is 0.221 e. The molecule has 102 valence electrons. The van der Waals surface area contributed by atoms with Gasteiger partial charge in [-0.05, 0) is 30.3 Å². The molecule has 0 bridgehead atoms. The Hall–Kier alpha value is -1.84. The van der Waals surface area contributed by atoms with Crippen molar-refractivity contribution in [1.29, 1.82) is 0 Å². The highest BCUT2D eigenvalue weighted by molar-refractivity contribution is 6.36. The van der Waals surface area contributed by atoms with Gasteiger partial charge in [0.05, 0.1) is 10.7 Å². The number of hydrogen-bond acceptors (Lipinski definition) is 2. The molecule has 5 heteroatoms. The molecule has 0 aliphatic carbocycles. The molecule has 0 spiro atoms. The zero-order valence-electron chi connectivity index (χ0n) is 10.6. The number of benzene rings is 2. The molecule has 1 amide bonds. The van der Waals surface area contributed by atoms with Crippen molar-refractivity contribution in [2.75, 3.05) is 5.32 Å². The van der Waals surface area contributed by atoms with E-state index in [1.54, 1.807) is 36.4 Å². The van der Waals surface area contributed by atoms with E-state index in [0.29, 0.717) is 26.9 Å². The van der Waals surface area contributed by atoms with Crippen LogP contribution < -0.4 is 5.32 Å². The molecule has 0 aliphatic heterocycles. The molecule has 0 heterocycles. The van der Waals surface area contributed by atoms with Crippen molar-refractivity contribution in [1.82, 2.24) is 0 Å². The summed E-state index contributed by atoms with van der Waals surface area (Å²) in [4.78, 5) is 23.7. The molecule has 1 N–H and O–H groups in total. The first-order valence-electron chi connectivity index (χ1n) is 5.85. The van der Waals surface area contributed by atoms with Crippen LogP contribution in [0.2, 0.25) is 10.0 Å². The number of halogens is 2. The number of anilines is 1. The summed E-state index contributed by atoms with van der Waals surface area (Å²) in [6.45, 7) is 1.37. The van der Waals surface area contributed by atoms with Crippen LogP contribution in [0.4, 0.5) is 5.69 Å². The molecule has 0 fully saturated rings. The number of carbonyl (C=O) groups excluding carboxylic acids is 2. The first-order chi connectivity index (χ1) is 9.49. The summed E-state index contributed by atoms with van der Waals surface area (Å²) in [5, 5.41) is 3.37. The monoisotopic (exact) mass is 307 g/mol. The summed E-state index contributed by atoms with van der Waals surface area (Å²) in [7, 11) is 0. The standard InChI is InChI=1S/C15H11Cl2NO2/c1-9(19)18-14-7-6-10(16)8-12(14)15(20)11-4-2-3-5-13(11)17/h2-8H,1H3,(H,18,19). The molecule has 0 radical (unpaired) electrons. The van der Waals surface area contributed by atoms with Crippen LogP contribution in [0.25, 0.3) is 0 Å². The van der Waals surface area contributed by atoms with Gasteiger partial charge < -0.3 is 5.32 Å². The third kappa shape index (κ3) is 3.18. The van der Waals surface area contributed by atoms with Gasteiger partial charge in [0.1, 0.15) is 0 Å². The fraction of sp³-hybridized carbons (Fsp3) is 0.0667. The normalized spacial score (nSPS) is 10.2. The Bertz CT molecular complexity index is 683. The first kappa shape index (κ1) is 14.6. The molecule has 0 unspecified atom stereocenters. The minimum absolute atomic E-state index is 0.263. The van der Waals surface area contributed by atoms with Crippen LogP contribution in [0.3, 0.4) is 0 Å². The van der Waals surface area contributed by atoms with Crippen LogP contribution in [0, 0.1) is 0 Å². The van der Waals surface area contributed by atoms with Gasteiger partial charge in [0.15, 0.2) is 5.78 Å². The fourth-order valence-electron chi connectivity index (χ4n) is 1.79. The Morgan fingerprint density at radius 2 is 1.70 bits per heavy atom. The predicted molar refractivity (Wildman–Crippen MR) is 80.6 cm³/mol. The van der Waals surface area contributed by atoms with Crippen molar-refractivity contribution in [3.8, 4) is 0 Å². The van der Waals surface area contributed by atoms with Gasteiger partial charge in [-0.2, -0.15) is 0 Å². The van der Waals surface area contributed by atoms with Crippen LogP contribution in [-0.2, 0) is 4.79 Å². The SMILES string of the molecule is CC(=O)Nc1ccc(Cl)cc1C(=O)c1ccccc1Cl. The zero-order valence-corrected chi connectivity index (χ0v) is 12.1. The average Bonchev–Trinajstić information content (AvgIpc) is 2.40. The quantitative estimate of drug-likeness (QED) is 0.865. The van der Waals surface area contributed by atoms with Gasteiger partial charge in [0.25, 0.3) is 0 Å². The van der Waals surface area contributed by atoms with E-state index in [9.17, 15) is 9.59 Å². The first-order valence-corrected chi connectivity index (χ1v) is 6.61. The summed E-state index contributed by atoms with van der Waals surface area (Å²) in [6, 6.07) is 11.4. The number of nitrogens with one attached hydrogen (secondary N) is 1. The zero-order chi connectivity index (χ0) is 14.7. The largest absolute Gasteiger partial charge is 0.326 e. The Kier molecular flexibility index (Phi) is 4.42. The topological polar surface area (TPSA) is 46.2 Å². The van der Waals surface area contributed by atoms with Crippen molar-refractivity contribution in [3.05, 3.63) is 63.6 Å². The molecule has 2 aromatic carbocycles. The van der Waals surface area contributed by atoms with Crippen molar-refractivity contribution >= 4 is 40.6 Å². The van der Waals surface area contributed by atoms with E-state index in [-0.39, 0.29) is 11.7 Å². The molecular weight excluding hydrogens is 297 g/mol. The van der Waals surface area contributed by atoms with Crippen molar-refractivity contribution < 1.29 is 9.59 Å². The van der Waals surface area contributed by atoms with Gasteiger partial charge in [-0.15, -0.1) is 0 Å². The second-order valence-corrected chi connectivity index (χ2v) is 5.02. The third-order valence-corrected chi connectivity index (χ3v) is 3.22. The Morgan fingerprint density at radius 1 is 1.00 bits per heavy atom. The van der Waals surface area contributed by atoms with E-state index < -0.39 is 0 Å². The van der Waals surface area contributed by atoms with E-state index >= 15 is 0 Å². The van der Waals surface area contributed by atoms with E-state index in [1.807, 2.05) is 0 Å². The third-order valence-electron chi connectivity index (χ3n) is 2.66. The lowest BCUT2D eigenvalue weighted by Gasteiger charge is -2.10. The van der Waals surface area contributed by atoms with Gasteiger partial charge in [-0.3, -0.25) is 9.59 Å². The van der Waals surface area contributed by atoms with Gasteiger partial charge >= 0.3 is 0 Å².